The number of hydrogen-bond acceptors (Lipinski definition) is 3. The van der Waals surface area contributed by atoms with Crippen molar-refractivity contribution in [3.63, 3.8) is 0 Å². The van der Waals surface area contributed by atoms with Gasteiger partial charge in [-0.05, 0) is 72.4 Å². The Morgan fingerprint density at radius 2 is 1.22 bits per heavy atom. The van der Waals surface area contributed by atoms with Crippen LogP contribution in [0, 0.1) is 0 Å². The third-order valence-electron chi connectivity index (χ3n) is 8.12. The molecule has 0 unspecified atom stereocenters. The fraction of sp³-hybridized carbons (Fsp3) is 0.188. The highest BCUT2D eigenvalue weighted by atomic mass is 16.7. The monoisotopic (exact) mass is 470 g/mol. The molecule has 0 amide bonds. The van der Waals surface area contributed by atoms with Crippen LogP contribution in [0.4, 0.5) is 0 Å². The van der Waals surface area contributed by atoms with E-state index in [-0.39, 0.29) is 0 Å². The molecule has 2 heterocycles. The Morgan fingerprint density at radius 1 is 0.583 bits per heavy atom. The van der Waals surface area contributed by atoms with Crippen LogP contribution in [0.15, 0.2) is 95.4 Å². The van der Waals surface area contributed by atoms with Gasteiger partial charge in [0.15, 0.2) is 0 Å². The summed E-state index contributed by atoms with van der Waals surface area (Å²) < 4.78 is 19.3. The Bertz CT molecular complexity index is 1800. The minimum atomic E-state index is -0.420. The number of hydrogen-bond donors (Lipinski definition) is 0. The van der Waals surface area contributed by atoms with Crippen molar-refractivity contribution in [3.8, 4) is 11.1 Å². The van der Waals surface area contributed by atoms with Crippen LogP contribution in [0.1, 0.15) is 27.7 Å². The van der Waals surface area contributed by atoms with Gasteiger partial charge in [-0.2, -0.15) is 0 Å². The van der Waals surface area contributed by atoms with Crippen LogP contribution in [0.5, 0.6) is 0 Å². The van der Waals surface area contributed by atoms with Gasteiger partial charge in [-0.25, -0.2) is 0 Å². The van der Waals surface area contributed by atoms with Crippen molar-refractivity contribution < 1.29 is 13.7 Å². The SMILES string of the molecule is CC1(C)OB(c2cccc3c(-c4c5ccccc5cc5oc6ccccc6c45)cccc23)OC1(C)C. The summed E-state index contributed by atoms with van der Waals surface area (Å²) in [4.78, 5) is 0. The number of fused-ring (bicyclic) bond motifs is 5. The zero-order valence-electron chi connectivity index (χ0n) is 21.0. The van der Waals surface area contributed by atoms with Gasteiger partial charge >= 0.3 is 7.12 Å². The molecule has 0 bridgehead atoms. The van der Waals surface area contributed by atoms with Crippen molar-refractivity contribution in [2.24, 2.45) is 0 Å². The number of furan rings is 1. The zero-order chi connectivity index (χ0) is 24.7. The molecule has 0 radical (unpaired) electrons. The summed E-state index contributed by atoms with van der Waals surface area (Å²) in [5.74, 6) is 0. The summed E-state index contributed by atoms with van der Waals surface area (Å²) >= 11 is 0. The Labute approximate surface area is 210 Å². The van der Waals surface area contributed by atoms with Crippen LogP contribution in [0.2, 0.25) is 0 Å². The minimum absolute atomic E-state index is 0.394. The molecule has 0 N–H and O–H groups in total. The molecule has 7 rings (SSSR count). The van der Waals surface area contributed by atoms with Gasteiger partial charge in [0.2, 0.25) is 0 Å². The van der Waals surface area contributed by atoms with Gasteiger partial charge in [0, 0.05) is 16.3 Å². The molecule has 0 saturated carbocycles. The van der Waals surface area contributed by atoms with Gasteiger partial charge in [-0.15, -0.1) is 0 Å². The van der Waals surface area contributed by atoms with E-state index < -0.39 is 18.3 Å². The van der Waals surface area contributed by atoms with Gasteiger partial charge in [0.25, 0.3) is 0 Å². The van der Waals surface area contributed by atoms with E-state index in [1.54, 1.807) is 0 Å². The molecule has 1 saturated heterocycles. The van der Waals surface area contributed by atoms with Gasteiger partial charge in [-0.1, -0.05) is 78.9 Å². The summed E-state index contributed by atoms with van der Waals surface area (Å²) in [5, 5.41) is 6.98. The molecular weight excluding hydrogens is 443 g/mol. The van der Waals surface area contributed by atoms with Gasteiger partial charge in [0.1, 0.15) is 11.2 Å². The Kier molecular flexibility index (Phi) is 4.49. The predicted octanol–water partition coefficient (Wildman–Crippen LogP) is 7.86. The zero-order valence-corrected chi connectivity index (χ0v) is 21.0. The lowest BCUT2D eigenvalue weighted by molar-refractivity contribution is 0.00578. The lowest BCUT2D eigenvalue weighted by Crippen LogP contribution is -2.41. The third-order valence-corrected chi connectivity index (χ3v) is 8.12. The van der Waals surface area contributed by atoms with Crippen molar-refractivity contribution in [1.82, 2.24) is 0 Å². The van der Waals surface area contributed by atoms with E-state index in [1.807, 2.05) is 12.1 Å². The molecule has 0 spiro atoms. The minimum Gasteiger partial charge on any atom is -0.456 e. The van der Waals surface area contributed by atoms with Crippen LogP contribution >= 0.6 is 0 Å². The van der Waals surface area contributed by atoms with Crippen molar-refractivity contribution >= 4 is 56.1 Å². The van der Waals surface area contributed by atoms with E-state index in [9.17, 15) is 0 Å². The molecule has 0 atom stereocenters. The average Bonchev–Trinajstić information content (AvgIpc) is 3.34. The van der Waals surface area contributed by atoms with Crippen LogP contribution in [-0.4, -0.2) is 18.3 Å². The lowest BCUT2D eigenvalue weighted by Gasteiger charge is -2.32. The molecule has 6 aromatic rings. The highest BCUT2D eigenvalue weighted by Crippen LogP contribution is 2.44. The van der Waals surface area contributed by atoms with Gasteiger partial charge in [0.05, 0.1) is 11.2 Å². The van der Waals surface area contributed by atoms with E-state index in [0.29, 0.717) is 0 Å². The lowest BCUT2D eigenvalue weighted by atomic mass is 9.75. The molecular formula is C32H27BO3. The van der Waals surface area contributed by atoms with E-state index in [0.717, 1.165) is 38.2 Å². The van der Waals surface area contributed by atoms with Crippen LogP contribution in [0.25, 0.3) is 54.6 Å². The average molecular weight is 470 g/mol. The quantitative estimate of drug-likeness (QED) is 0.242. The maximum atomic E-state index is 6.45. The predicted molar refractivity (Wildman–Crippen MR) is 150 cm³/mol. The summed E-state index contributed by atoms with van der Waals surface area (Å²) in [6, 6.07) is 32.0. The molecule has 176 valence electrons. The highest BCUT2D eigenvalue weighted by molar-refractivity contribution is 6.65. The number of benzene rings is 5. The maximum Gasteiger partial charge on any atom is 0.495 e. The standard InChI is InChI=1S/C32H27BO3/c1-31(2)32(3,4)36-33(35-31)26-17-10-14-22-23(26)15-9-16-24(22)29-21-12-6-5-11-20(21)19-28-30(29)25-13-7-8-18-27(25)34-28/h5-19H,1-4H3. The topological polar surface area (TPSA) is 31.6 Å². The first-order chi connectivity index (χ1) is 17.3. The molecule has 1 fully saturated rings. The second-order valence-electron chi connectivity index (χ2n) is 10.8. The first kappa shape index (κ1) is 21.7. The molecule has 1 aliphatic rings. The van der Waals surface area contributed by atoms with E-state index >= 15 is 0 Å². The Balaban J connectivity index is 1.55. The van der Waals surface area contributed by atoms with Crippen LogP contribution in [-0.2, 0) is 9.31 Å². The van der Waals surface area contributed by atoms with Crippen molar-refractivity contribution in [2.45, 2.75) is 38.9 Å². The third kappa shape index (κ3) is 3.01. The number of para-hydroxylation sites is 1. The molecule has 1 aromatic heterocycles. The second kappa shape index (κ2) is 7.46. The second-order valence-corrected chi connectivity index (χ2v) is 10.8. The van der Waals surface area contributed by atoms with Gasteiger partial charge < -0.3 is 13.7 Å². The smallest absolute Gasteiger partial charge is 0.456 e. The van der Waals surface area contributed by atoms with E-state index in [2.05, 4.69) is 107 Å². The fourth-order valence-electron chi connectivity index (χ4n) is 5.56. The largest absolute Gasteiger partial charge is 0.495 e. The molecule has 1 aliphatic heterocycles. The molecule has 4 heteroatoms. The van der Waals surface area contributed by atoms with Crippen molar-refractivity contribution in [3.05, 3.63) is 91.0 Å². The van der Waals surface area contributed by atoms with Crippen LogP contribution in [0.3, 0.4) is 0 Å². The molecule has 3 nitrogen and oxygen atoms in total. The van der Waals surface area contributed by atoms with E-state index in [1.165, 1.54) is 21.9 Å². The summed E-state index contributed by atoms with van der Waals surface area (Å²) in [5.41, 5.74) is 4.46. The summed E-state index contributed by atoms with van der Waals surface area (Å²) in [6.45, 7) is 8.39. The first-order valence-corrected chi connectivity index (χ1v) is 12.5. The highest BCUT2D eigenvalue weighted by Gasteiger charge is 2.52. The normalized spacial score (nSPS) is 17.1. The van der Waals surface area contributed by atoms with Gasteiger partial charge in [-0.3, -0.25) is 0 Å². The first-order valence-electron chi connectivity index (χ1n) is 12.5. The Hall–Kier alpha value is -3.60. The maximum absolute atomic E-state index is 6.45. The summed E-state index contributed by atoms with van der Waals surface area (Å²) in [7, 11) is -0.420. The molecule has 0 aliphatic carbocycles. The van der Waals surface area contributed by atoms with Crippen molar-refractivity contribution in [1.29, 1.82) is 0 Å². The number of rotatable bonds is 2. The molecule has 36 heavy (non-hydrogen) atoms. The fourth-order valence-corrected chi connectivity index (χ4v) is 5.56. The van der Waals surface area contributed by atoms with Crippen LogP contribution < -0.4 is 5.46 Å². The molecule has 5 aromatic carbocycles. The van der Waals surface area contributed by atoms with E-state index in [4.69, 9.17) is 13.7 Å². The van der Waals surface area contributed by atoms with Crippen molar-refractivity contribution in [2.75, 3.05) is 0 Å². The summed E-state index contributed by atoms with van der Waals surface area (Å²) in [6.07, 6.45) is 0. The Morgan fingerprint density at radius 3 is 2.03 bits per heavy atom.